The van der Waals surface area contributed by atoms with Crippen molar-refractivity contribution >= 4 is 18.3 Å². The molecule has 0 aromatic rings. The van der Waals surface area contributed by atoms with Gasteiger partial charge in [-0.05, 0) is 37.0 Å². The summed E-state index contributed by atoms with van der Waals surface area (Å²) in [5.74, 6) is 2.09. The maximum Gasteiger partial charge on any atom is 0.236 e. The SMILES string of the molecule is CCC1CCC(CNC(=O)[C@@H](N)CC(C)C)CC1.Cl. The van der Waals surface area contributed by atoms with Gasteiger partial charge in [0.25, 0.3) is 0 Å². The molecule has 1 aliphatic rings. The second kappa shape index (κ2) is 9.60. The zero-order chi connectivity index (χ0) is 13.5. The van der Waals surface area contributed by atoms with Crippen LogP contribution < -0.4 is 11.1 Å². The van der Waals surface area contributed by atoms with Gasteiger partial charge in [-0.1, -0.05) is 40.0 Å². The first-order chi connectivity index (χ1) is 8.52. The lowest BCUT2D eigenvalue weighted by atomic mass is 9.81. The van der Waals surface area contributed by atoms with Gasteiger partial charge in [0, 0.05) is 6.54 Å². The van der Waals surface area contributed by atoms with Crippen molar-refractivity contribution < 1.29 is 4.79 Å². The summed E-state index contributed by atoms with van der Waals surface area (Å²) in [4.78, 5) is 11.8. The number of rotatable bonds is 6. The van der Waals surface area contributed by atoms with Gasteiger partial charge in [-0.3, -0.25) is 4.79 Å². The van der Waals surface area contributed by atoms with Crippen LogP contribution >= 0.6 is 12.4 Å². The van der Waals surface area contributed by atoms with Crippen LogP contribution in [0.5, 0.6) is 0 Å². The van der Waals surface area contributed by atoms with Crippen LogP contribution in [0.1, 0.15) is 59.3 Å². The largest absolute Gasteiger partial charge is 0.354 e. The highest BCUT2D eigenvalue weighted by atomic mass is 35.5. The van der Waals surface area contributed by atoms with Gasteiger partial charge in [0.1, 0.15) is 0 Å². The Balaban J connectivity index is 0.00000324. The zero-order valence-electron chi connectivity index (χ0n) is 12.7. The fraction of sp³-hybridized carbons (Fsp3) is 0.933. The van der Waals surface area contributed by atoms with Crippen molar-refractivity contribution in [1.82, 2.24) is 5.32 Å². The highest BCUT2D eigenvalue weighted by Gasteiger charge is 2.21. The summed E-state index contributed by atoms with van der Waals surface area (Å²) >= 11 is 0. The second-order valence-electron chi connectivity index (χ2n) is 6.28. The van der Waals surface area contributed by atoms with Crippen LogP contribution in [0, 0.1) is 17.8 Å². The van der Waals surface area contributed by atoms with Crippen LogP contribution in [-0.2, 0) is 4.79 Å². The van der Waals surface area contributed by atoms with Crippen LogP contribution in [-0.4, -0.2) is 18.5 Å². The molecule has 114 valence electrons. The van der Waals surface area contributed by atoms with E-state index in [-0.39, 0.29) is 24.4 Å². The Labute approximate surface area is 124 Å². The average Bonchev–Trinajstić information content (AvgIpc) is 2.35. The third-order valence-electron chi connectivity index (χ3n) is 4.17. The van der Waals surface area contributed by atoms with E-state index in [1.165, 1.54) is 32.1 Å². The Morgan fingerprint density at radius 2 is 1.74 bits per heavy atom. The van der Waals surface area contributed by atoms with E-state index in [0.29, 0.717) is 11.8 Å². The van der Waals surface area contributed by atoms with Crippen LogP contribution in [0.4, 0.5) is 0 Å². The normalized spacial score (nSPS) is 24.7. The summed E-state index contributed by atoms with van der Waals surface area (Å²) in [5, 5.41) is 3.03. The minimum Gasteiger partial charge on any atom is -0.354 e. The molecule has 0 aliphatic heterocycles. The first kappa shape index (κ1) is 18.7. The molecule has 1 amide bonds. The Hall–Kier alpha value is -0.280. The lowest BCUT2D eigenvalue weighted by Crippen LogP contribution is -2.43. The van der Waals surface area contributed by atoms with Gasteiger partial charge in [-0.15, -0.1) is 12.4 Å². The number of nitrogens with two attached hydrogens (primary N) is 1. The van der Waals surface area contributed by atoms with E-state index >= 15 is 0 Å². The molecule has 0 radical (unpaired) electrons. The molecule has 0 spiro atoms. The molecule has 0 saturated heterocycles. The lowest BCUT2D eigenvalue weighted by Gasteiger charge is -2.28. The van der Waals surface area contributed by atoms with Crippen molar-refractivity contribution in [2.24, 2.45) is 23.5 Å². The molecular weight excluding hydrogens is 260 g/mol. The summed E-state index contributed by atoms with van der Waals surface area (Å²) in [5.41, 5.74) is 5.87. The van der Waals surface area contributed by atoms with Crippen molar-refractivity contribution in [3.63, 3.8) is 0 Å². The smallest absolute Gasteiger partial charge is 0.236 e. The molecule has 0 bridgehead atoms. The van der Waals surface area contributed by atoms with Gasteiger partial charge < -0.3 is 11.1 Å². The van der Waals surface area contributed by atoms with Gasteiger partial charge in [-0.2, -0.15) is 0 Å². The van der Waals surface area contributed by atoms with E-state index in [1.54, 1.807) is 0 Å². The Morgan fingerprint density at radius 3 is 2.21 bits per heavy atom. The molecule has 0 aromatic heterocycles. The summed E-state index contributed by atoms with van der Waals surface area (Å²) in [6.07, 6.45) is 7.26. The number of amides is 1. The van der Waals surface area contributed by atoms with E-state index in [0.717, 1.165) is 18.9 Å². The van der Waals surface area contributed by atoms with Gasteiger partial charge in [0.15, 0.2) is 0 Å². The minimum absolute atomic E-state index is 0. The Bertz CT molecular complexity index is 251. The van der Waals surface area contributed by atoms with Crippen LogP contribution in [0.2, 0.25) is 0 Å². The van der Waals surface area contributed by atoms with Gasteiger partial charge in [-0.25, -0.2) is 0 Å². The molecule has 0 heterocycles. The van der Waals surface area contributed by atoms with E-state index in [9.17, 15) is 4.79 Å². The second-order valence-corrected chi connectivity index (χ2v) is 6.28. The third-order valence-corrected chi connectivity index (χ3v) is 4.17. The number of hydrogen-bond acceptors (Lipinski definition) is 2. The molecule has 0 aromatic carbocycles. The molecule has 0 unspecified atom stereocenters. The van der Waals surface area contributed by atoms with Gasteiger partial charge in [0.05, 0.1) is 6.04 Å². The quantitative estimate of drug-likeness (QED) is 0.790. The third kappa shape index (κ3) is 7.17. The van der Waals surface area contributed by atoms with E-state index in [1.807, 2.05) is 0 Å². The number of halogens is 1. The molecule has 1 saturated carbocycles. The molecule has 4 heteroatoms. The van der Waals surface area contributed by atoms with Crippen LogP contribution in [0.3, 0.4) is 0 Å². The van der Waals surface area contributed by atoms with Crippen LogP contribution in [0.25, 0.3) is 0 Å². The van der Waals surface area contributed by atoms with Crippen molar-refractivity contribution in [3.8, 4) is 0 Å². The summed E-state index contributed by atoms with van der Waals surface area (Å²) < 4.78 is 0. The van der Waals surface area contributed by atoms with Crippen molar-refractivity contribution in [2.45, 2.75) is 65.3 Å². The molecule has 1 atom stereocenters. The first-order valence-corrected chi connectivity index (χ1v) is 7.56. The Morgan fingerprint density at radius 1 is 1.21 bits per heavy atom. The van der Waals surface area contributed by atoms with Gasteiger partial charge >= 0.3 is 0 Å². The fourth-order valence-electron chi connectivity index (χ4n) is 2.83. The highest BCUT2D eigenvalue weighted by Crippen LogP contribution is 2.30. The summed E-state index contributed by atoms with van der Waals surface area (Å²) in [7, 11) is 0. The van der Waals surface area contributed by atoms with Gasteiger partial charge in [0.2, 0.25) is 5.91 Å². The summed E-state index contributed by atoms with van der Waals surface area (Å²) in [6, 6.07) is -0.336. The van der Waals surface area contributed by atoms with E-state index < -0.39 is 0 Å². The predicted molar refractivity (Wildman–Crippen MR) is 83.4 cm³/mol. The molecule has 3 nitrogen and oxygen atoms in total. The van der Waals surface area contributed by atoms with Crippen molar-refractivity contribution in [1.29, 1.82) is 0 Å². The monoisotopic (exact) mass is 290 g/mol. The van der Waals surface area contributed by atoms with Crippen molar-refractivity contribution in [2.75, 3.05) is 6.54 Å². The fourth-order valence-corrected chi connectivity index (χ4v) is 2.83. The number of hydrogen-bond donors (Lipinski definition) is 2. The molecule has 1 rings (SSSR count). The first-order valence-electron chi connectivity index (χ1n) is 7.56. The lowest BCUT2D eigenvalue weighted by molar-refractivity contribution is -0.122. The number of carbonyl (C=O) groups is 1. The summed E-state index contributed by atoms with van der Waals surface area (Å²) in [6.45, 7) is 7.29. The molecular formula is C15H31ClN2O. The maximum atomic E-state index is 11.8. The predicted octanol–water partition coefficient (Wildman–Crippen LogP) is 3.11. The van der Waals surface area contributed by atoms with Crippen LogP contribution in [0.15, 0.2) is 0 Å². The zero-order valence-corrected chi connectivity index (χ0v) is 13.5. The Kier molecular flexibility index (Phi) is 9.46. The molecule has 3 N–H and O–H groups in total. The number of nitrogens with one attached hydrogen (secondary N) is 1. The molecule has 1 fully saturated rings. The highest BCUT2D eigenvalue weighted by molar-refractivity contribution is 5.85. The molecule has 1 aliphatic carbocycles. The van der Waals surface area contributed by atoms with E-state index in [4.69, 9.17) is 5.73 Å². The standard InChI is InChI=1S/C15H30N2O.ClH/c1-4-12-5-7-13(8-6-12)10-17-15(18)14(16)9-11(2)3;/h11-14H,4-10,16H2,1-3H3,(H,17,18);1H/t12?,13?,14-;/m0./s1. The van der Waals surface area contributed by atoms with E-state index in [2.05, 4.69) is 26.1 Å². The number of carbonyl (C=O) groups excluding carboxylic acids is 1. The average molecular weight is 291 g/mol. The van der Waals surface area contributed by atoms with Crippen molar-refractivity contribution in [3.05, 3.63) is 0 Å². The maximum absolute atomic E-state index is 11.8. The topological polar surface area (TPSA) is 55.1 Å². The minimum atomic E-state index is -0.336. The molecule has 19 heavy (non-hydrogen) atoms.